The molecule has 2 amide bonds. The highest BCUT2D eigenvalue weighted by molar-refractivity contribution is 6.00. The number of para-hydroxylation sites is 1. The van der Waals surface area contributed by atoms with E-state index in [2.05, 4.69) is 69.9 Å². The SMILES string of the molecule is C=CC.CCCc1ccc(O)cc1OC.CN(Cc1cc2c(cc1C=O)OCC1CN(CC3CCN(c4ccccc4)CC3)CCN21)C1CCC(=O)NC1=O. The standard InChI is InChI=1S/C31H39N5O4.C10H14O2.C3H6/c1-33(27-7-8-30(38)32-31(27)39)18-23-15-28-29(16-24(23)20-37)40-21-26-19-34(13-14-36(26)28)17-22-9-11-35(12-10-22)25-5-3-2-4-6-25;1-3-4-8-5-6-9(11)7-10(8)12-2;1-3-2/h2-6,15-16,20,22,26-27H,7-14,17-19,21H2,1H3,(H,32,38,39);5-7,11H,3-4H2,1-2H3;3H,1H2,2H3. The summed E-state index contributed by atoms with van der Waals surface area (Å²) < 4.78 is 11.3. The van der Waals surface area contributed by atoms with Gasteiger partial charge in [-0.2, -0.15) is 0 Å². The highest BCUT2D eigenvalue weighted by Crippen LogP contribution is 2.38. The second-order valence-electron chi connectivity index (χ2n) is 14.9. The van der Waals surface area contributed by atoms with Crippen molar-refractivity contribution in [3.05, 3.63) is 90.0 Å². The summed E-state index contributed by atoms with van der Waals surface area (Å²) in [6, 6.07) is 19.8. The molecule has 0 aliphatic carbocycles. The minimum Gasteiger partial charge on any atom is -0.508 e. The molecule has 3 fully saturated rings. The lowest BCUT2D eigenvalue weighted by Crippen LogP contribution is -2.58. The van der Waals surface area contributed by atoms with Gasteiger partial charge in [0.15, 0.2) is 6.29 Å². The Kier molecular flexibility index (Phi) is 15.1. The van der Waals surface area contributed by atoms with Gasteiger partial charge in [0.2, 0.25) is 11.8 Å². The first-order chi connectivity index (χ1) is 26.7. The fourth-order valence-electron chi connectivity index (χ4n) is 8.01. The molecular weight excluding hydrogens is 695 g/mol. The molecule has 3 saturated heterocycles. The quantitative estimate of drug-likeness (QED) is 0.144. The van der Waals surface area contributed by atoms with Gasteiger partial charge in [0.1, 0.15) is 23.9 Å². The number of carbonyl (C=O) groups excluding carboxylic acids is 3. The second-order valence-corrected chi connectivity index (χ2v) is 14.9. The molecule has 11 heteroatoms. The van der Waals surface area contributed by atoms with Crippen LogP contribution in [0.1, 0.15) is 67.4 Å². The number of hydrogen-bond acceptors (Lipinski definition) is 10. The highest BCUT2D eigenvalue weighted by Gasteiger charge is 2.35. The predicted molar refractivity (Wildman–Crippen MR) is 218 cm³/mol. The van der Waals surface area contributed by atoms with E-state index in [9.17, 15) is 14.4 Å². The molecule has 4 aliphatic heterocycles. The van der Waals surface area contributed by atoms with Gasteiger partial charge in [-0.15, -0.1) is 6.58 Å². The minimum atomic E-state index is -0.389. The molecule has 3 aromatic rings. The molecule has 0 radical (unpaired) electrons. The Labute approximate surface area is 326 Å². The van der Waals surface area contributed by atoms with E-state index in [0.717, 1.165) is 86.7 Å². The molecule has 11 nitrogen and oxygen atoms in total. The van der Waals surface area contributed by atoms with Gasteiger partial charge in [-0.05, 0) is 87.0 Å². The number of piperidine rings is 2. The van der Waals surface area contributed by atoms with Gasteiger partial charge < -0.3 is 24.4 Å². The Morgan fingerprint density at radius 2 is 1.76 bits per heavy atom. The number of anilines is 2. The van der Waals surface area contributed by atoms with Crippen molar-refractivity contribution in [2.24, 2.45) is 5.92 Å². The smallest absolute Gasteiger partial charge is 0.243 e. The van der Waals surface area contributed by atoms with Gasteiger partial charge >= 0.3 is 0 Å². The van der Waals surface area contributed by atoms with Crippen molar-refractivity contribution in [3.8, 4) is 17.2 Å². The first kappa shape index (κ1) is 41.3. The number of phenolic OH excluding ortho intramolecular Hbond substituents is 1. The minimum absolute atomic E-state index is 0.225. The summed E-state index contributed by atoms with van der Waals surface area (Å²) in [6.45, 7) is 14.7. The van der Waals surface area contributed by atoms with Gasteiger partial charge in [-0.3, -0.25) is 29.5 Å². The van der Waals surface area contributed by atoms with Crippen LogP contribution in [0.3, 0.4) is 0 Å². The average Bonchev–Trinajstić information content (AvgIpc) is 3.19. The van der Waals surface area contributed by atoms with Gasteiger partial charge in [0, 0.05) is 69.6 Å². The molecule has 0 bridgehead atoms. The molecule has 7 rings (SSSR count). The monoisotopic (exact) mass is 753 g/mol. The number of piperazine rings is 1. The number of nitrogens with zero attached hydrogens (tertiary/aromatic N) is 4. The number of imide groups is 1. The number of ether oxygens (including phenoxy) is 2. The van der Waals surface area contributed by atoms with Crippen molar-refractivity contribution in [2.45, 2.75) is 71.0 Å². The maximum Gasteiger partial charge on any atom is 0.243 e. The molecule has 0 saturated carbocycles. The number of allylic oxidation sites excluding steroid dienone is 1. The van der Waals surface area contributed by atoms with E-state index < -0.39 is 0 Å². The number of amides is 2. The number of rotatable bonds is 10. The summed E-state index contributed by atoms with van der Waals surface area (Å²) >= 11 is 0. The lowest BCUT2D eigenvalue weighted by Gasteiger charge is -2.47. The van der Waals surface area contributed by atoms with Gasteiger partial charge in [0.05, 0.1) is 24.9 Å². The number of aromatic hydroxyl groups is 1. The fourth-order valence-corrected chi connectivity index (χ4v) is 8.01. The Morgan fingerprint density at radius 1 is 1.02 bits per heavy atom. The van der Waals surface area contributed by atoms with E-state index in [1.165, 1.54) is 18.5 Å². The first-order valence-corrected chi connectivity index (χ1v) is 19.7. The van der Waals surface area contributed by atoms with Crippen molar-refractivity contribution in [2.75, 3.05) is 69.8 Å². The van der Waals surface area contributed by atoms with Gasteiger partial charge in [-0.1, -0.05) is 43.7 Å². The van der Waals surface area contributed by atoms with Gasteiger partial charge in [0.25, 0.3) is 0 Å². The third kappa shape index (κ3) is 10.9. The molecule has 296 valence electrons. The van der Waals surface area contributed by atoms with Gasteiger partial charge in [-0.25, -0.2) is 0 Å². The number of hydrogen-bond donors (Lipinski definition) is 2. The first-order valence-electron chi connectivity index (χ1n) is 19.7. The number of aldehydes is 1. The fraction of sp³-hybridized carbons (Fsp3) is 0.477. The maximum absolute atomic E-state index is 12.4. The van der Waals surface area contributed by atoms with E-state index in [4.69, 9.17) is 14.6 Å². The van der Waals surface area contributed by atoms with Crippen molar-refractivity contribution >= 4 is 29.5 Å². The zero-order valence-electron chi connectivity index (χ0n) is 33.0. The third-order valence-corrected chi connectivity index (χ3v) is 10.9. The van der Waals surface area contributed by atoms with E-state index in [1.807, 2.05) is 31.0 Å². The largest absolute Gasteiger partial charge is 0.508 e. The molecule has 3 aromatic carbocycles. The average molecular weight is 754 g/mol. The number of aryl methyl sites for hydroxylation is 1. The van der Waals surface area contributed by atoms with Crippen LogP contribution < -0.4 is 24.6 Å². The third-order valence-electron chi connectivity index (χ3n) is 10.9. The van der Waals surface area contributed by atoms with Crippen molar-refractivity contribution in [1.82, 2.24) is 15.1 Å². The van der Waals surface area contributed by atoms with Crippen molar-refractivity contribution in [3.63, 3.8) is 0 Å². The Hall–Kier alpha value is -4.87. The van der Waals surface area contributed by atoms with Crippen molar-refractivity contribution < 1.29 is 29.0 Å². The van der Waals surface area contributed by atoms with Crippen LogP contribution in [-0.4, -0.2) is 105 Å². The number of phenols is 1. The lowest BCUT2D eigenvalue weighted by atomic mass is 9.94. The lowest BCUT2D eigenvalue weighted by molar-refractivity contribution is -0.137. The van der Waals surface area contributed by atoms with E-state index >= 15 is 0 Å². The maximum atomic E-state index is 12.4. The van der Waals surface area contributed by atoms with E-state index in [0.29, 0.717) is 37.5 Å². The van der Waals surface area contributed by atoms with E-state index in [-0.39, 0.29) is 29.6 Å². The molecular formula is C44H59N5O6. The molecule has 55 heavy (non-hydrogen) atoms. The molecule has 4 aliphatic rings. The van der Waals surface area contributed by atoms with Crippen LogP contribution in [0.25, 0.3) is 0 Å². The molecule has 2 N–H and O–H groups in total. The zero-order chi connectivity index (χ0) is 39.3. The summed E-state index contributed by atoms with van der Waals surface area (Å²) in [5, 5.41) is 11.6. The summed E-state index contributed by atoms with van der Waals surface area (Å²) in [4.78, 5) is 45.4. The number of methoxy groups -OCH3 is 1. The summed E-state index contributed by atoms with van der Waals surface area (Å²) in [7, 11) is 3.49. The molecule has 2 unspecified atom stereocenters. The van der Waals surface area contributed by atoms with Crippen molar-refractivity contribution in [1.29, 1.82) is 0 Å². The van der Waals surface area contributed by atoms with Crippen LogP contribution in [0, 0.1) is 5.92 Å². The molecule has 0 aromatic heterocycles. The Morgan fingerprint density at radius 3 is 2.44 bits per heavy atom. The summed E-state index contributed by atoms with van der Waals surface area (Å²) in [5.41, 5.74) is 4.96. The second kappa shape index (κ2) is 20.2. The van der Waals surface area contributed by atoms with Crippen LogP contribution in [0.5, 0.6) is 17.2 Å². The molecule has 4 heterocycles. The van der Waals surface area contributed by atoms with Crippen LogP contribution >= 0.6 is 0 Å². The van der Waals surface area contributed by atoms with Crippen LogP contribution in [0.15, 0.2) is 73.3 Å². The Balaban J connectivity index is 0.000000326. The summed E-state index contributed by atoms with van der Waals surface area (Å²) in [6.07, 6.45) is 7.95. The Bertz CT molecular complexity index is 1740. The van der Waals surface area contributed by atoms with Crippen LogP contribution in [-0.2, 0) is 22.6 Å². The number of fused-ring (bicyclic) bond motifs is 3. The zero-order valence-corrected chi connectivity index (χ0v) is 33.0. The number of carbonyl (C=O) groups is 3. The molecule has 2 atom stereocenters. The predicted octanol–water partition coefficient (Wildman–Crippen LogP) is 6.08. The van der Waals surface area contributed by atoms with E-state index in [1.54, 1.807) is 25.3 Å². The summed E-state index contributed by atoms with van der Waals surface area (Å²) in [5.74, 6) is 2.01. The van der Waals surface area contributed by atoms with Crippen LogP contribution in [0.4, 0.5) is 11.4 Å². The molecule has 0 spiro atoms. The normalized spacial score (nSPS) is 19.7. The number of likely N-dealkylation sites (N-methyl/N-ethyl adjacent to an activating group) is 1. The van der Waals surface area contributed by atoms with Crippen LogP contribution in [0.2, 0.25) is 0 Å². The number of benzene rings is 3. The topological polar surface area (TPSA) is 115 Å². The highest BCUT2D eigenvalue weighted by atomic mass is 16.5. The number of nitrogens with one attached hydrogen (secondary N) is 1.